The summed E-state index contributed by atoms with van der Waals surface area (Å²) in [5.74, 6) is 0.558. The van der Waals surface area contributed by atoms with Crippen LogP contribution < -0.4 is 4.74 Å². The molecule has 0 saturated carbocycles. The Labute approximate surface area is 128 Å². The van der Waals surface area contributed by atoms with Gasteiger partial charge < -0.3 is 4.74 Å². The van der Waals surface area contributed by atoms with Gasteiger partial charge in [-0.25, -0.2) is 0 Å². The third-order valence-corrected chi connectivity index (χ3v) is 3.51. The number of aromatic nitrogens is 1. The van der Waals surface area contributed by atoms with Crippen LogP contribution in [0.25, 0.3) is 11.1 Å². The van der Waals surface area contributed by atoms with Gasteiger partial charge in [0, 0.05) is 17.5 Å². The molecule has 0 saturated heterocycles. The Balaban J connectivity index is 2.73. The number of rotatable bonds is 3. The van der Waals surface area contributed by atoms with E-state index in [-0.39, 0.29) is 5.92 Å². The summed E-state index contributed by atoms with van der Waals surface area (Å²) in [6, 6.07) is 5.33. The average molecular weight is 309 g/mol. The van der Waals surface area contributed by atoms with E-state index in [9.17, 15) is 13.2 Å². The van der Waals surface area contributed by atoms with Gasteiger partial charge in [-0.1, -0.05) is 13.8 Å². The summed E-state index contributed by atoms with van der Waals surface area (Å²) < 4.78 is 44.3. The fourth-order valence-electron chi connectivity index (χ4n) is 2.36. The lowest BCUT2D eigenvalue weighted by Gasteiger charge is -2.17. The van der Waals surface area contributed by atoms with E-state index in [1.54, 1.807) is 12.3 Å². The van der Waals surface area contributed by atoms with E-state index in [2.05, 4.69) is 4.98 Å². The number of aryl methyl sites for hydroxylation is 1. The van der Waals surface area contributed by atoms with Crippen LogP contribution in [0.15, 0.2) is 30.5 Å². The van der Waals surface area contributed by atoms with Crippen LogP contribution in [0.3, 0.4) is 0 Å². The minimum Gasteiger partial charge on any atom is -0.496 e. The highest BCUT2D eigenvalue weighted by molar-refractivity contribution is 5.74. The molecule has 2 rings (SSSR count). The second kappa shape index (κ2) is 5.99. The first-order chi connectivity index (χ1) is 10.2. The van der Waals surface area contributed by atoms with Gasteiger partial charge in [-0.05, 0) is 48.2 Å². The van der Waals surface area contributed by atoms with E-state index in [4.69, 9.17) is 4.74 Å². The van der Waals surface area contributed by atoms with Crippen LogP contribution in [0.1, 0.15) is 36.6 Å². The maximum Gasteiger partial charge on any atom is 0.416 e. The monoisotopic (exact) mass is 309 g/mol. The second-order valence-corrected chi connectivity index (χ2v) is 5.48. The lowest BCUT2D eigenvalue weighted by Crippen LogP contribution is -2.06. The topological polar surface area (TPSA) is 22.1 Å². The van der Waals surface area contributed by atoms with Crippen molar-refractivity contribution in [1.29, 1.82) is 0 Å². The van der Waals surface area contributed by atoms with Crippen LogP contribution in [0, 0.1) is 6.92 Å². The standard InChI is InChI=1S/C17H18F3NO/c1-10(2)15-9-21-11(3)7-13(15)14-8-12(17(18,19)20)5-6-16(14)22-4/h5-10H,1-4H3. The normalized spacial score (nSPS) is 11.8. The van der Waals surface area contributed by atoms with E-state index in [0.29, 0.717) is 11.3 Å². The minimum absolute atomic E-state index is 0.141. The Hall–Kier alpha value is -2.04. The summed E-state index contributed by atoms with van der Waals surface area (Å²) in [6.45, 7) is 5.78. The number of benzene rings is 1. The quantitative estimate of drug-likeness (QED) is 0.776. The van der Waals surface area contributed by atoms with E-state index < -0.39 is 11.7 Å². The van der Waals surface area contributed by atoms with Gasteiger partial charge in [-0.2, -0.15) is 13.2 Å². The van der Waals surface area contributed by atoms with Crippen LogP contribution in [0.2, 0.25) is 0 Å². The van der Waals surface area contributed by atoms with Crippen molar-refractivity contribution in [1.82, 2.24) is 4.98 Å². The molecule has 0 unspecified atom stereocenters. The number of hydrogen-bond donors (Lipinski definition) is 0. The molecule has 118 valence electrons. The van der Waals surface area contributed by atoms with Gasteiger partial charge in [0.2, 0.25) is 0 Å². The first kappa shape index (κ1) is 16.3. The zero-order valence-corrected chi connectivity index (χ0v) is 13.0. The Morgan fingerprint density at radius 3 is 2.32 bits per heavy atom. The van der Waals surface area contributed by atoms with Crippen molar-refractivity contribution in [2.45, 2.75) is 32.9 Å². The highest BCUT2D eigenvalue weighted by Crippen LogP contribution is 2.39. The number of nitrogens with zero attached hydrogens (tertiary/aromatic N) is 1. The molecular formula is C17H18F3NO. The lowest BCUT2D eigenvalue weighted by molar-refractivity contribution is -0.137. The van der Waals surface area contributed by atoms with Crippen molar-refractivity contribution < 1.29 is 17.9 Å². The van der Waals surface area contributed by atoms with Gasteiger partial charge in [0.1, 0.15) is 5.75 Å². The summed E-state index contributed by atoms with van der Waals surface area (Å²) in [7, 11) is 1.45. The fourth-order valence-corrected chi connectivity index (χ4v) is 2.36. The zero-order chi connectivity index (χ0) is 16.5. The molecule has 5 heteroatoms. The molecule has 0 aliphatic carbocycles. The lowest BCUT2D eigenvalue weighted by atomic mass is 9.92. The molecule has 0 atom stereocenters. The van der Waals surface area contributed by atoms with Crippen LogP contribution in [-0.4, -0.2) is 12.1 Å². The highest BCUT2D eigenvalue weighted by Gasteiger charge is 2.31. The molecule has 0 fully saturated rings. The predicted molar refractivity (Wildman–Crippen MR) is 80.1 cm³/mol. The predicted octanol–water partition coefficient (Wildman–Crippen LogP) is 5.21. The van der Waals surface area contributed by atoms with E-state index in [0.717, 1.165) is 29.0 Å². The summed E-state index contributed by atoms with van der Waals surface area (Å²) in [4.78, 5) is 4.25. The van der Waals surface area contributed by atoms with Gasteiger partial charge in [0.15, 0.2) is 0 Å². The number of hydrogen-bond acceptors (Lipinski definition) is 2. The SMILES string of the molecule is COc1ccc(C(F)(F)F)cc1-c1cc(C)ncc1C(C)C. The minimum atomic E-state index is -4.39. The summed E-state index contributed by atoms with van der Waals surface area (Å²) in [6.07, 6.45) is -2.67. The summed E-state index contributed by atoms with van der Waals surface area (Å²) in [5.41, 5.74) is 2.12. The summed E-state index contributed by atoms with van der Waals surface area (Å²) >= 11 is 0. The molecule has 0 aliphatic heterocycles. The third-order valence-electron chi connectivity index (χ3n) is 3.51. The fraction of sp³-hybridized carbons (Fsp3) is 0.353. The van der Waals surface area contributed by atoms with Crippen LogP contribution in [0.5, 0.6) is 5.75 Å². The molecule has 1 aromatic heterocycles. The van der Waals surface area contributed by atoms with Gasteiger partial charge in [0.25, 0.3) is 0 Å². The Bertz CT molecular complexity index is 678. The van der Waals surface area contributed by atoms with Crippen LogP contribution in [0.4, 0.5) is 13.2 Å². The Kier molecular flexibility index (Phi) is 4.44. The second-order valence-electron chi connectivity index (χ2n) is 5.48. The Morgan fingerprint density at radius 1 is 1.09 bits per heavy atom. The van der Waals surface area contributed by atoms with Gasteiger partial charge in [-0.15, -0.1) is 0 Å². The number of pyridine rings is 1. The molecule has 22 heavy (non-hydrogen) atoms. The van der Waals surface area contributed by atoms with Crippen molar-refractivity contribution >= 4 is 0 Å². The first-order valence-electron chi connectivity index (χ1n) is 6.96. The molecule has 0 N–H and O–H groups in total. The highest BCUT2D eigenvalue weighted by atomic mass is 19.4. The molecular weight excluding hydrogens is 291 g/mol. The van der Waals surface area contributed by atoms with Crippen molar-refractivity contribution in [2.24, 2.45) is 0 Å². The molecule has 0 bridgehead atoms. The van der Waals surface area contributed by atoms with Crippen molar-refractivity contribution in [3.63, 3.8) is 0 Å². The number of halogens is 3. The molecule has 1 aromatic carbocycles. The van der Waals surface area contributed by atoms with Crippen LogP contribution in [-0.2, 0) is 6.18 Å². The number of ether oxygens (including phenoxy) is 1. The first-order valence-corrected chi connectivity index (χ1v) is 6.96. The van der Waals surface area contributed by atoms with E-state index in [1.807, 2.05) is 20.8 Å². The Morgan fingerprint density at radius 2 is 1.77 bits per heavy atom. The van der Waals surface area contributed by atoms with Crippen molar-refractivity contribution in [2.75, 3.05) is 7.11 Å². The molecule has 1 heterocycles. The van der Waals surface area contributed by atoms with Crippen molar-refractivity contribution in [3.8, 4) is 16.9 Å². The summed E-state index contributed by atoms with van der Waals surface area (Å²) in [5, 5.41) is 0. The smallest absolute Gasteiger partial charge is 0.416 e. The van der Waals surface area contributed by atoms with Gasteiger partial charge in [0.05, 0.1) is 12.7 Å². The molecule has 0 aliphatic rings. The third kappa shape index (κ3) is 3.24. The molecule has 0 spiro atoms. The van der Waals surface area contributed by atoms with Gasteiger partial charge >= 0.3 is 6.18 Å². The van der Waals surface area contributed by atoms with Crippen molar-refractivity contribution in [3.05, 3.63) is 47.3 Å². The molecule has 0 radical (unpaired) electrons. The van der Waals surface area contributed by atoms with E-state index >= 15 is 0 Å². The molecule has 0 amide bonds. The van der Waals surface area contributed by atoms with Crippen LogP contribution >= 0.6 is 0 Å². The van der Waals surface area contributed by atoms with E-state index in [1.165, 1.54) is 13.2 Å². The zero-order valence-electron chi connectivity index (χ0n) is 13.0. The molecule has 2 aromatic rings. The molecule has 2 nitrogen and oxygen atoms in total. The largest absolute Gasteiger partial charge is 0.496 e. The average Bonchev–Trinajstić information content (AvgIpc) is 2.45. The maximum absolute atomic E-state index is 13.0. The number of methoxy groups -OCH3 is 1. The number of alkyl halides is 3. The maximum atomic E-state index is 13.0. The van der Waals surface area contributed by atoms with Gasteiger partial charge in [-0.3, -0.25) is 4.98 Å².